The van der Waals surface area contributed by atoms with E-state index in [0.29, 0.717) is 0 Å². The van der Waals surface area contributed by atoms with E-state index in [0.717, 1.165) is 0 Å². The third kappa shape index (κ3) is 15.1. The van der Waals surface area contributed by atoms with Gasteiger partial charge in [0, 0.05) is 76.9 Å². The first kappa shape index (κ1) is 41.0. The van der Waals surface area contributed by atoms with Crippen LogP contribution >= 0.6 is 27.2 Å². The molecule has 21 heavy (non-hydrogen) atoms. The maximum Gasteiger partial charge on any atom is 1.00 e. The van der Waals surface area contributed by atoms with Crippen molar-refractivity contribution in [2.45, 2.75) is 11.4 Å². The molecule has 0 aromatic rings. The zero-order valence-corrected chi connectivity index (χ0v) is 25.2. The first-order valence-electron chi connectivity index (χ1n) is 3.51. The second-order valence-corrected chi connectivity index (χ2v) is 7.44. The molecular formula is C3H8NNa5O9P2S. The van der Waals surface area contributed by atoms with Gasteiger partial charge in [0.1, 0.15) is 5.02 Å². The van der Waals surface area contributed by atoms with Gasteiger partial charge in [0.2, 0.25) is 0 Å². The molecule has 0 rings (SSSR count). The third-order valence-corrected chi connectivity index (χ3v) is 6.05. The Bertz CT molecular complexity index is 305. The van der Waals surface area contributed by atoms with Gasteiger partial charge in [-0.05, 0) is 6.42 Å². The van der Waals surface area contributed by atoms with Gasteiger partial charge in [-0.2, -0.15) is 4.33 Å². The maximum absolute atomic E-state index is 10.7. The topological polar surface area (TPSA) is 188 Å². The second kappa shape index (κ2) is 18.8. The molecule has 0 aromatic carbocycles. The molecule has 100 valence electrons. The summed E-state index contributed by atoms with van der Waals surface area (Å²) in [5, 5.41) is 9.00. The van der Waals surface area contributed by atoms with Crippen LogP contribution in [0.5, 0.6) is 0 Å². The van der Waals surface area contributed by atoms with Gasteiger partial charge in [0.25, 0.3) is 0 Å². The molecule has 0 bridgehead atoms. The number of rotatable bonds is 7. The monoisotopic (exact) mass is 411 g/mol. The van der Waals surface area contributed by atoms with Crippen LogP contribution in [0.4, 0.5) is 0 Å². The smallest absolute Gasteiger partial charge is 0.777 e. The molecule has 4 N–H and O–H groups in total. The summed E-state index contributed by atoms with van der Waals surface area (Å²) in [5.74, 6) is -0.432. The number of hydrogen-bond acceptors (Lipinski definition) is 9. The molecule has 2 radical (unpaired) electrons. The van der Waals surface area contributed by atoms with Crippen molar-refractivity contribution in [2.24, 2.45) is 5.73 Å². The van der Waals surface area contributed by atoms with E-state index in [2.05, 4.69) is 9.37 Å². The van der Waals surface area contributed by atoms with Crippen molar-refractivity contribution in [2.75, 3.05) is 5.75 Å². The van der Waals surface area contributed by atoms with Crippen molar-refractivity contribution in [3.63, 3.8) is 0 Å². The van der Waals surface area contributed by atoms with E-state index < -0.39 is 32.4 Å². The molecule has 0 aliphatic heterocycles. The van der Waals surface area contributed by atoms with Gasteiger partial charge in [-0.25, -0.2) is 0 Å². The Morgan fingerprint density at radius 2 is 1.43 bits per heavy atom. The minimum absolute atomic E-state index is 0. The molecule has 0 heterocycles. The zero-order chi connectivity index (χ0) is 13.0. The SMILES string of the molecule is NC(CCSOO[O-])(P(=O)([O-])O)P(=O)([O-])O.[Na+].[Na+].[Na+].[Na].[Na]. The van der Waals surface area contributed by atoms with E-state index in [4.69, 9.17) is 15.5 Å². The van der Waals surface area contributed by atoms with Crippen molar-refractivity contribution in [3.8, 4) is 0 Å². The summed E-state index contributed by atoms with van der Waals surface area (Å²) in [7, 11) is -11.1. The molecule has 2 unspecified atom stereocenters. The van der Waals surface area contributed by atoms with Crippen LogP contribution in [0.1, 0.15) is 6.42 Å². The summed E-state index contributed by atoms with van der Waals surface area (Å²) in [4.78, 5) is 38.8. The normalized spacial score (nSPS) is 17.6. The summed E-state index contributed by atoms with van der Waals surface area (Å²) in [6.07, 6.45) is -0.893. The van der Waals surface area contributed by atoms with Crippen LogP contribution in [0.25, 0.3) is 0 Å². The summed E-state index contributed by atoms with van der Waals surface area (Å²) in [6, 6.07) is 0. The number of hydrogen-bond donors (Lipinski definition) is 3. The van der Waals surface area contributed by atoms with Gasteiger partial charge in [0.05, 0.1) is 0 Å². The van der Waals surface area contributed by atoms with Gasteiger partial charge < -0.3 is 39.7 Å². The third-order valence-electron chi connectivity index (χ3n) is 1.61. The molecule has 18 heteroatoms. The van der Waals surface area contributed by atoms with Crippen LogP contribution in [-0.2, 0) is 18.5 Å². The van der Waals surface area contributed by atoms with Crippen molar-refractivity contribution in [3.05, 3.63) is 0 Å². The Morgan fingerprint density at radius 3 is 1.67 bits per heavy atom. The Morgan fingerprint density at radius 1 is 1.10 bits per heavy atom. The average molecular weight is 411 g/mol. The molecule has 0 aliphatic rings. The summed E-state index contributed by atoms with van der Waals surface area (Å²) in [5.41, 5.74) is 4.90. The summed E-state index contributed by atoms with van der Waals surface area (Å²) < 4.78 is 25.2. The molecule has 0 saturated carbocycles. The van der Waals surface area contributed by atoms with Crippen LogP contribution in [0.3, 0.4) is 0 Å². The standard InChI is InChI=1S/C3H11NO9P2S.5Na/c4-3(14(6,7)8,15(9,10)11)1-2-16-13-12-5;;;;;/h5H,1-2,4H2,(H2,6,7,8)(H2,9,10,11);;;;;/q;;;3*+1/p-3. The zero-order valence-electron chi connectivity index (χ0n) is 12.5. The molecule has 0 amide bonds. The fraction of sp³-hybridized carbons (Fsp3) is 1.00. The van der Waals surface area contributed by atoms with Crippen molar-refractivity contribution < 1.29 is 132 Å². The van der Waals surface area contributed by atoms with E-state index >= 15 is 0 Å². The van der Waals surface area contributed by atoms with Gasteiger partial charge in [-0.15, -0.1) is 0 Å². The minimum atomic E-state index is -5.54. The summed E-state index contributed by atoms with van der Waals surface area (Å²) >= 11 is 0.255. The van der Waals surface area contributed by atoms with E-state index in [-0.39, 0.29) is 160 Å². The average Bonchev–Trinajstić information content (AvgIpc) is 2.08. The molecule has 0 saturated heterocycles. The minimum Gasteiger partial charge on any atom is -0.777 e. The fourth-order valence-corrected chi connectivity index (χ4v) is 3.57. The van der Waals surface area contributed by atoms with Gasteiger partial charge in [-0.3, -0.25) is 5.04 Å². The largest absolute Gasteiger partial charge is 1.00 e. The van der Waals surface area contributed by atoms with Gasteiger partial charge in [0.15, 0.2) is 15.2 Å². The van der Waals surface area contributed by atoms with E-state index in [1.807, 2.05) is 0 Å². The van der Waals surface area contributed by atoms with Crippen molar-refractivity contribution in [1.82, 2.24) is 0 Å². The van der Waals surface area contributed by atoms with Crippen LogP contribution in [0.2, 0.25) is 0 Å². The van der Waals surface area contributed by atoms with Crippen LogP contribution in [0, 0.1) is 0 Å². The molecule has 0 aromatic heterocycles. The Hall–Kier alpha value is 5.49. The first-order chi connectivity index (χ1) is 7.06. The Kier molecular flexibility index (Phi) is 36.8. The predicted octanol–water partition coefficient (Wildman–Crippen LogP) is -12.8. The molecule has 2 atom stereocenters. The van der Waals surface area contributed by atoms with Crippen molar-refractivity contribution in [1.29, 1.82) is 0 Å². The quantitative estimate of drug-likeness (QED) is 0.0901. The van der Waals surface area contributed by atoms with Crippen LogP contribution in [0.15, 0.2) is 0 Å². The fourth-order valence-electron chi connectivity index (χ4n) is 0.688. The molecule has 10 nitrogen and oxygen atoms in total. The second-order valence-electron chi connectivity index (χ2n) is 2.63. The van der Waals surface area contributed by atoms with Crippen molar-refractivity contribution >= 4 is 86.3 Å². The van der Waals surface area contributed by atoms with E-state index in [1.165, 1.54) is 0 Å². The molecular weight excluding hydrogens is 403 g/mol. The number of nitrogens with two attached hydrogens (primary N) is 1. The summed E-state index contributed by atoms with van der Waals surface area (Å²) in [6.45, 7) is 0. The molecule has 0 spiro atoms. The predicted molar refractivity (Wildman–Crippen MR) is 57.3 cm³/mol. The van der Waals surface area contributed by atoms with Gasteiger partial charge in [-0.1, -0.05) is 0 Å². The van der Waals surface area contributed by atoms with Crippen LogP contribution < -0.4 is 109 Å². The van der Waals surface area contributed by atoms with Gasteiger partial charge >= 0.3 is 88.7 Å². The first-order valence-corrected chi connectivity index (χ1v) is 7.57. The van der Waals surface area contributed by atoms with Crippen LogP contribution in [-0.4, -0.2) is 79.7 Å². The van der Waals surface area contributed by atoms with E-state index in [1.54, 1.807) is 0 Å². The Labute approximate surface area is 236 Å². The Balaban J connectivity index is -0.000000112. The molecule has 0 fully saturated rings. The van der Waals surface area contributed by atoms with E-state index in [9.17, 15) is 24.2 Å². The molecule has 0 aliphatic carbocycles. The maximum atomic E-state index is 10.7.